The molecule has 0 amide bonds. The molecule has 3 N–H and O–H groups in total. The van der Waals surface area contributed by atoms with Crippen LogP contribution in [0.3, 0.4) is 0 Å². The van der Waals surface area contributed by atoms with E-state index in [0.29, 0.717) is 0 Å². The van der Waals surface area contributed by atoms with Crippen LogP contribution in [0.2, 0.25) is 0 Å². The molecular weight excluding hydrogens is 250 g/mol. The fourth-order valence-electron chi connectivity index (χ4n) is 2.30. The van der Waals surface area contributed by atoms with Gasteiger partial charge in [-0.1, -0.05) is 18.2 Å². The number of ether oxygens (including phenoxy) is 1. The highest BCUT2D eigenvalue weighted by atomic mass is 16.5. The molecule has 4 nitrogen and oxygen atoms in total. The zero-order valence-corrected chi connectivity index (χ0v) is 12.0. The minimum atomic E-state index is 0.116. The van der Waals surface area contributed by atoms with Crippen molar-refractivity contribution in [2.75, 3.05) is 7.11 Å². The molecule has 1 atom stereocenters. The van der Waals surface area contributed by atoms with E-state index in [-0.39, 0.29) is 6.04 Å². The number of hydrogen-bond acceptors (Lipinski definition) is 4. The summed E-state index contributed by atoms with van der Waals surface area (Å²) in [5.41, 5.74) is 6.33. The van der Waals surface area contributed by atoms with Gasteiger partial charge in [-0.15, -0.1) is 0 Å². The first-order valence-corrected chi connectivity index (χ1v) is 6.75. The van der Waals surface area contributed by atoms with E-state index in [1.165, 1.54) is 5.56 Å². The topological polar surface area (TPSA) is 60.2 Å². The first-order valence-electron chi connectivity index (χ1n) is 6.75. The lowest BCUT2D eigenvalue weighted by atomic mass is 9.98. The average molecular weight is 271 g/mol. The molecule has 4 heteroatoms. The Kier molecular flexibility index (Phi) is 5.09. The maximum absolute atomic E-state index is 5.69. The van der Waals surface area contributed by atoms with Crippen LogP contribution in [0.4, 0.5) is 0 Å². The standard InChI is InChI=1S/C16H21N3O/c1-12-15(4-3-11-18-12)16(19-17)10-7-13-5-8-14(20-2)9-6-13/h3-6,8-9,11,16,19H,7,10,17H2,1-2H3. The smallest absolute Gasteiger partial charge is 0.118 e. The number of aromatic nitrogens is 1. The first kappa shape index (κ1) is 14.5. The van der Waals surface area contributed by atoms with Crippen molar-refractivity contribution < 1.29 is 4.74 Å². The highest BCUT2D eigenvalue weighted by Crippen LogP contribution is 2.21. The van der Waals surface area contributed by atoms with Gasteiger partial charge in [0.25, 0.3) is 0 Å². The first-order chi connectivity index (χ1) is 9.74. The van der Waals surface area contributed by atoms with Crippen molar-refractivity contribution in [1.29, 1.82) is 0 Å². The summed E-state index contributed by atoms with van der Waals surface area (Å²) in [5.74, 6) is 6.57. The molecule has 0 fully saturated rings. The Balaban J connectivity index is 2.02. The summed E-state index contributed by atoms with van der Waals surface area (Å²) >= 11 is 0. The molecule has 0 bridgehead atoms. The lowest BCUT2D eigenvalue weighted by Crippen LogP contribution is -2.29. The number of rotatable bonds is 6. The van der Waals surface area contributed by atoms with Crippen LogP contribution < -0.4 is 16.0 Å². The van der Waals surface area contributed by atoms with Crippen molar-refractivity contribution in [3.63, 3.8) is 0 Å². The number of aryl methyl sites for hydroxylation is 2. The minimum absolute atomic E-state index is 0.116. The number of methoxy groups -OCH3 is 1. The number of nitrogens with one attached hydrogen (secondary N) is 1. The van der Waals surface area contributed by atoms with Crippen molar-refractivity contribution >= 4 is 0 Å². The van der Waals surface area contributed by atoms with Gasteiger partial charge >= 0.3 is 0 Å². The molecular formula is C16H21N3O. The number of nitrogens with two attached hydrogens (primary N) is 1. The summed E-state index contributed by atoms with van der Waals surface area (Å²) in [7, 11) is 1.68. The molecule has 1 heterocycles. The average Bonchev–Trinajstić information content (AvgIpc) is 2.50. The van der Waals surface area contributed by atoms with E-state index in [1.54, 1.807) is 13.3 Å². The summed E-state index contributed by atoms with van der Waals surface area (Å²) < 4.78 is 5.16. The highest BCUT2D eigenvalue weighted by Gasteiger charge is 2.12. The maximum atomic E-state index is 5.69. The van der Waals surface area contributed by atoms with E-state index in [4.69, 9.17) is 10.6 Å². The Morgan fingerprint density at radius 1 is 1.25 bits per heavy atom. The summed E-state index contributed by atoms with van der Waals surface area (Å²) in [6.45, 7) is 2.01. The third-order valence-electron chi connectivity index (χ3n) is 3.51. The van der Waals surface area contributed by atoms with E-state index in [1.807, 2.05) is 25.1 Å². The van der Waals surface area contributed by atoms with Gasteiger partial charge in [0, 0.05) is 17.9 Å². The zero-order valence-electron chi connectivity index (χ0n) is 12.0. The molecule has 0 spiro atoms. The summed E-state index contributed by atoms with van der Waals surface area (Å²) in [4.78, 5) is 4.31. The molecule has 0 saturated carbocycles. The number of hydrazine groups is 1. The molecule has 0 aliphatic carbocycles. The SMILES string of the molecule is COc1ccc(CCC(NN)c2cccnc2C)cc1. The second-order valence-electron chi connectivity index (χ2n) is 4.78. The van der Waals surface area contributed by atoms with Crippen LogP contribution in [-0.4, -0.2) is 12.1 Å². The zero-order chi connectivity index (χ0) is 14.4. The van der Waals surface area contributed by atoms with Crippen molar-refractivity contribution in [3.8, 4) is 5.75 Å². The van der Waals surface area contributed by atoms with Gasteiger partial charge < -0.3 is 4.74 Å². The van der Waals surface area contributed by atoms with Crippen LogP contribution in [0.5, 0.6) is 5.75 Å². The highest BCUT2D eigenvalue weighted by molar-refractivity contribution is 5.28. The van der Waals surface area contributed by atoms with Gasteiger partial charge in [0.2, 0.25) is 0 Å². The van der Waals surface area contributed by atoms with Gasteiger partial charge in [-0.2, -0.15) is 0 Å². The van der Waals surface area contributed by atoms with E-state index in [2.05, 4.69) is 28.6 Å². The molecule has 2 rings (SSSR count). The predicted molar refractivity (Wildman–Crippen MR) is 80.4 cm³/mol. The van der Waals surface area contributed by atoms with Crippen LogP contribution in [0, 0.1) is 6.92 Å². The largest absolute Gasteiger partial charge is 0.497 e. The number of pyridine rings is 1. The Hall–Kier alpha value is -1.91. The molecule has 1 unspecified atom stereocenters. The van der Waals surface area contributed by atoms with Gasteiger partial charge in [-0.25, -0.2) is 0 Å². The Morgan fingerprint density at radius 2 is 2.00 bits per heavy atom. The van der Waals surface area contributed by atoms with Crippen molar-refractivity contribution in [1.82, 2.24) is 10.4 Å². The van der Waals surface area contributed by atoms with Crippen LogP contribution in [0.1, 0.15) is 29.3 Å². The van der Waals surface area contributed by atoms with Crippen molar-refractivity contribution in [2.24, 2.45) is 5.84 Å². The molecule has 20 heavy (non-hydrogen) atoms. The van der Waals surface area contributed by atoms with Gasteiger partial charge in [0.15, 0.2) is 0 Å². The number of benzene rings is 1. The van der Waals surface area contributed by atoms with Crippen LogP contribution >= 0.6 is 0 Å². The van der Waals surface area contributed by atoms with Gasteiger partial charge in [0.05, 0.1) is 7.11 Å². The molecule has 0 aliphatic rings. The molecule has 2 aromatic rings. The van der Waals surface area contributed by atoms with Gasteiger partial charge in [0.1, 0.15) is 5.75 Å². The Morgan fingerprint density at radius 3 is 2.60 bits per heavy atom. The van der Waals surface area contributed by atoms with Gasteiger partial charge in [-0.3, -0.25) is 16.3 Å². The Labute approximate surface area is 120 Å². The second-order valence-corrected chi connectivity index (χ2v) is 4.78. The third-order valence-corrected chi connectivity index (χ3v) is 3.51. The van der Waals surface area contributed by atoms with Crippen LogP contribution in [-0.2, 0) is 6.42 Å². The molecule has 0 radical (unpaired) electrons. The molecule has 0 aliphatic heterocycles. The number of hydrogen-bond donors (Lipinski definition) is 2. The predicted octanol–water partition coefficient (Wildman–Crippen LogP) is 2.54. The third kappa shape index (κ3) is 3.56. The fourth-order valence-corrected chi connectivity index (χ4v) is 2.30. The minimum Gasteiger partial charge on any atom is -0.497 e. The van der Waals surface area contributed by atoms with Crippen molar-refractivity contribution in [3.05, 3.63) is 59.4 Å². The van der Waals surface area contributed by atoms with Crippen molar-refractivity contribution in [2.45, 2.75) is 25.8 Å². The lowest BCUT2D eigenvalue weighted by Gasteiger charge is -2.17. The van der Waals surface area contributed by atoms with E-state index >= 15 is 0 Å². The summed E-state index contributed by atoms with van der Waals surface area (Å²) in [5, 5.41) is 0. The monoisotopic (exact) mass is 271 g/mol. The van der Waals surface area contributed by atoms with Crippen LogP contribution in [0.25, 0.3) is 0 Å². The quantitative estimate of drug-likeness (QED) is 0.626. The normalized spacial score (nSPS) is 12.2. The Bertz CT molecular complexity index is 540. The summed E-state index contributed by atoms with van der Waals surface area (Å²) in [6, 6.07) is 12.3. The molecule has 1 aromatic heterocycles. The molecule has 1 aromatic carbocycles. The maximum Gasteiger partial charge on any atom is 0.118 e. The van der Waals surface area contributed by atoms with E-state index in [9.17, 15) is 0 Å². The molecule has 106 valence electrons. The van der Waals surface area contributed by atoms with E-state index < -0.39 is 0 Å². The second kappa shape index (κ2) is 7.03. The summed E-state index contributed by atoms with van der Waals surface area (Å²) in [6.07, 6.45) is 3.68. The number of nitrogens with zero attached hydrogens (tertiary/aromatic N) is 1. The van der Waals surface area contributed by atoms with Gasteiger partial charge in [-0.05, 0) is 49.1 Å². The van der Waals surface area contributed by atoms with Crippen LogP contribution in [0.15, 0.2) is 42.6 Å². The lowest BCUT2D eigenvalue weighted by molar-refractivity contribution is 0.414. The molecule has 0 saturated heterocycles. The van der Waals surface area contributed by atoms with E-state index in [0.717, 1.165) is 29.8 Å². The fraction of sp³-hybridized carbons (Fsp3) is 0.312.